The Bertz CT molecular complexity index is 1160. The summed E-state index contributed by atoms with van der Waals surface area (Å²) < 4.78 is 5.56. The van der Waals surface area contributed by atoms with Gasteiger partial charge in [-0.2, -0.15) is 0 Å². The molecule has 154 valence electrons. The van der Waals surface area contributed by atoms with Gasteiger partial charge in [0.1, 0.15) is 5.75 Å². The molecule has 0 unspecified atom stereocenters. The minimum absolute atomic E-state index is 0.120. The van der Waals surface area contributed by atoms with Crippen LogP contribution in [0.5, 0.6) is 5.75 Å². The molecule has 5 heteroatoms. The quantitative estimate of drug-likeness (QED) is 0.470. The highest BCUT2D eigenvalue weighted by molar-refractivity contribution is 6.41. The smallest absolute Gasteiger partial charge is 0.262 e. The molecule has 0 fully saturated rings. The van der Waals surface area contributed by atoms with E-state index in [0.29, 0.717) is 22.4 Å². The highest BCUT2D eigenvalue weighted by Crippen LogP contribution is 2.28. The van der Waals surface area contributed by atoms with Crippen LogP contribution < -0.4 is 10.1 Å². The predicted octanol–water partition coefficient (Wildman–Crippen LogP) is 4.73. The van der Waals surface area contributed by atoms with Crippen molar-refractivity contribution >= 4 is 29.2 Å². The standard InChI is InChI=1S/C26H21NO4/c1-2-18-7-3-6-10-23(18)27-24(28)16-31-19-13-11-17(12-14-19)15-22-25(29)20-8-4-5-9-21(20)26(22)30/h3-15H,2,16H2,1H3,(H,27,28). The van der Waals surface area contributed by atoms with E-state index >= 15 is 0 Å². The summed E-state index contributed by atoms with van der Waals surface area (Å²) >= 11 is 0. The van der Waals surface area contributed by atoms with Crippen molar-refractivity contribution in [1.82, 2.24) is 0 Å². The third kappa shape index (κ3) is 4.31. The van der Waals surface area contributed by atoms with E-state index in [1.165, 1.54) is 0 Å². The number of ether oxygens (including phenoxy) is 1. The second-order valence-electron chi connectivity index (χ2n) is 7.18. The summed E-state index contributed by atoms with van der Waals surface area (Å²) in [6, 6.07) is 21.4. The van der Waals surface area contributed by atoms with Gasteiger partial charge in [0.15, 0.2) is 18.2 Å². The van der Waals surface area contributed by atoms with Crippen LogP contribution in [-0.4, -0.2) is 24.1 Å². The zero-order valence-electron chi connectivity index (χ0n) is 17.1. The second kappa shape index (κ2) is 8.79. The van der Waals surface area contributed by atoms with Crippen molar-refractivity contribution in [3.63, 3.8) is 0 Å². The van der Waals surface area contributed by atoms with Gasteiger partial charge in [-0.05, 0) is 41.8 Å². The Morgan fingerprint density at radius 3 is 2.13 bits per heavy atom. The first-order valence-electron chi connectivity index (χ1n) is 10.1. The van der Waals surface area contributed by atoms with Crippen LogP contribution in [-0.2, 0) is 11.2 Å². The number of ketones is 2. The number of carbonyl (C=O) groups excluding carboxylic acids is 3. The first kappa shape index (κ1) is 20.3. The van der Waals surface area contributed by atoms with Crippen LogP contribution in [0.2, 0.25) is 0 Å². The molecule has 1 aliphatic carbocycles. The van der Waals surface area contributed by atoms with E-state index in [2.05, 4.69) is 5.32 Å². The normalized spacial score (nSPS) is 12.5. The molecule has 1 N–H and O–H groups in total. The van der Waals surface area contributed by atoms with E-state index in [4.69, 9.17) is 4.74 Å². The van der Waals surface area contributed by atoms with Crippen molar-refractivity contribution in [3.8, 4) is 5.75 Å². The van der Waals surface area contributed by atoms with Crippen molar-refractivity contribution in [2.75, 3.05) is 11.9 Å². The summed E-state index contributed by atoms with van der Waals surface area (Å²) in [7, 11) is 0. The second-order valence-corrected chi connectivity index (χ2v) is 7.18. The third-order valence-electron chi connectivity index (χ3n) is 5.14. The molecule has 0 aliphatic heterocycles. The number of hydrogen-bond acceptors (Lipinski definition) is 4. The van der Waals surface area contributed by atoms with E-state index < -0.39 is 0 Å². The zero-order chi connectivity index (χ0) is 21.8. The average molecular weight is 411 g/mol. The summed E-state index contributed by atoms with van der Waals surface area (Å²) in [4.78, 5) is 37.2. The van der Waals surface area contributed by atoms with Gasteiger partial charge < -0.3 is 10.1 Å². The van der Waals surface area contributed by atoms with Gasteiger partial charge in [-0.3, -0.25) is 14.4 Å². The fourth-order valence-corrected chi connectivity index (χ4v) is 3.52. The number of allylic oxidation sites excluding steroid dienone is 1. The first-order valence-corrected chi connectivity index (χ1v) is 10.1. The van der Waals surface area contributed by atoms with Gasteiger partial charge in [0, 0.05) is 16.8 Å². The van der Waals surface area contributed by atoms with Crippen LogP contribution in [0.15, 0.2) is 78.4 Å². The average Bonchev–Trinajstić information content (AvgIpc) is 3.04. The van der Waals surface area contributed by atoms with Gasteiger partial charge >= 0.3 is 0 Å². The Labute approximate surface area is 180 Å². The maximum atomic E-state index is 12.5. The Morgan fingerprint density at radius 2 is 1.48 bits per heavy atom. The molecule has 0 spiro atoms. The van der Waals surface area contributed by atoms with Crippen molar-refractivity contribution in [2.24, 2.45) is 0 Å². The number of fused-ring (bicyclic) bond motifs is 1. The fraction of sp³-hybridized carbons (Fsp3) is 0.115. The lowest BCUT2D eigenvalue weighted by molar-refractivity contribution is -0.118. The molecule has 3 aromatic rings. The van der Waals surface area contributed by atoms with E-state index in [1.54, 1.807) is 54.6 Å². The minimum Gasteiger partial charge on any atom is -0.484 e. The molecule has 4 rings (SSSR count). The minimum atomic E-state index is -0.259. The van der Waals surface area contributed by atoms with Gasteiger partial charge in [-0.25, -0.2) is 0 Å². The molecule has 0 radical (unpaired) electrons. The van der Waals surface area contributed by atoms with Gasteiger partial charge in [-0.1, -0.05) is 61.5 Å². The number of benzene rings is 3. The number of hydrogen-bond donors (Lipinski definition) is 1. The van der Waals surface area contributed by atoms with E-state index in [0.717, 1.165) is 17.7 Å². The number of carbonyl (C=O) groups is 3. The Kier molecular flexibility index (Phi) is 5.76. The van der Waals surface area contributed by atoms with Crippen molar-refractivity contribution in [2.45, 2.75) is 13.3 Å². The lowest BCUT2D eigenvalue weighted by Crippen LogP contribution is -2.20. The molecule has 0 saturated carbocycles. The third-order valence-corrected chi connectivity index (χ3v) is 5.14. The number of amides is 1. The molecule has 3 aromatic carbocycles. The summed E-state index contributed by atoms with van der Waals surface area (Å²) in [6.07, 6.45) is 2.41. The van der Waals surface area contributed by atoms with Gasteiger partial charge in [0.05, 0.1) is 5.57 Å². The molecule has 0 atom stereocenters. The number of para-hydroxylation sites is 1. The SMILES string of the molecule is CCc1ccccc1NC(=O)COc1ccc(C=C2C(=O)c3ccccc3C2=O)cc1. The molecule has 0 saturated heterocycles. The summed E-state index contributed by atoms with van der Waals surface area (Å²) in [5, 5.41) is 2.86. The molecular weight excluding hydrogens is 390 g/mol. The van der Waals surface area contributed by atoms with E-state index in [-0.39, 0.29) is 29.7 Å². The number of anilines is 1. The topological polar surface area (TPSA) is 72.5 Å². The number of aryl methyl sites for hydroxylation is 1. The Morgan fingerprint density at radius 1 is 0.871 bits per heavy atom. The Hall–Kier alpha value is -3.99. The van der Waals surface area contributed by atoms with Crippen molar-refractivity contribution in [1.29, 1.82) is 0 Å². The molecule has 0 aromatic heterocycles. The number of rotatable bonds is 6. The van der Waals surface area contributed by atoms with Gasteiger partial charge in [0.25, 0.3) is 5.91 Å². The highest BCUT2D eigenvalue weighted by atomic mass is 16.5. The van der Waals surface area contributed by atoms with Crippen molar-refractivity contribution < 1.29 is 19.1 Å². The molecular formula is C26H21NO4. The van der Waals surface area contributed by atoms with Crippen molar-refractivity contribution in [3.05, 3.63) is 101 Å². The lowest BCUT2D eigenvalue weighted by Gasteiger charge is -2.10. The van der Waals surface area contributed by atoms with Crippen LogP contribution in [0.3, 0.4) is 0 Å². The lowest BCUT2D eigenvalue weighted by atomic mass is 10.1. The summed E-state index contributed by atoms with van der Waals surface area (Å²) in [5.74, 6) is -0.240. The van der Waals surface area contributed by atoms with Crippen LogP contribution in [0.1, 0.15) is 38.8 Å². The van der Waals surface area contributed by atoms with Gasteiger partial charge in [-0.15, -0.1) is 0 Å². The summed E-state index contributed by atoms with van der Waals surface area (Å²) in [5.41, 5.74) is 3.59. The van der Waals surface area contributed by atoms with Gasteiger partial charge in [0.2, 0.25) is 0 Å². The van der Waals surface area contributed by atoms with E-state index in [9.17, 15) is 14.4 Å². The maximum absolute atomic E-state index is 12.5. The van der Waals surface area contributed by atoms with Crippen LogP contribution in [0, 0.1) is 0 Å². The molecule has 31 heavy (non-hydrogen) atoms. The fourth-order valence-electron chi connectivity index (χ4n) is 3.52. The molecule has 0 heterocycles. The maximum Gasteiger partial charge on any atom is 0.262 e. The largest absolute Gasteiger partial charge is 0.484 e. The van der Waals surface area contributed by atoms with E-state index in [1.807, 2.05) is 31.2 Å². The predicted molar refractivity (Wildman–Crippen MR) is 119 cm³/mol. The highest BCUT2D eigenvalue weighted by Gasteiger charge is 2.32. The van der Waals surface area contributed by atoms with Crippen LogP contribution in [0.4, 0.5) is 5.69 Å². The summed E-state index contributed by atoms with van der Waals surface area (Å²) in [6.45, 7) is 1.91. The zero-order valence-corrected chi connectivity index (χ0v) is 17.1. The Balaban J connectivity index is 1.39. The van der Waals surface area contributed by atoms with Crippen LogP contribution in [0.25, 0.3) is 6.08 Å². The number of nitrogens with one attached hydrogen (secondary N) is 1. The monoisotopic (exact) mass is 411 g/mol. The molecule has 1 aliphatic rings. The molecule has 1 amide bonds. The van der Waals surface area contributed by atoms with Crippen LogP contribution >= 0.6 is 0 Å². The number of Topliss-reactive ketones (excluding diaryl/α,β-unsaturated/α-hetero) is 2. The molecule has 5 nitrogen and oxygen atoms in total. The molecule has 0 bridgehead atoms. The first-order chi connectivity index (χ1) is 15.1.